The van der Waals surface area contributed by atoms with Crippen LogP contribution in [0.1, 0.15) is 25.0 Å². The third-order valence-corrected chi connectivity index (χ3v) is 8.01. The number of fused-ring (bicyclic) bond motifs is 1. The standard InChI is InChI=1S/C32H34ClFN4O4/c1-17(2)35-15-23-25(34)13-19(14-27(23)41-6)21-10-7-11-22(28(21)33)20-9-8-12-26(18(20)3)36-29(39)24-16-37(4)31-32(42-31)38(5)30(24)40/h7-14,16-17,31-32,35H,15H2,1-6H3,(H,36,39). The van der Waals surface area contributed by atoms with Crippen molar-refractivity contribution in [1.82, 2.24) is 15.1 Å². The van der Waals surface area contributed by atoms with E-state index >= 15 is 4.39 Å². The largest absolute Gasteiger partial charge is 0.496 e. The molecule has 1 saturated heterocycles. The number of anilines is 1. The molecule has 2 unspecified atom stereocenters. The predicted molar refractivity (Wildman–Crippen MR) is 161 cm³/mol. The number of likely N-dealkylation sites (N-methyl/N-ethyl adjacent to an activating group) is 2. The highest BCUT2D eigenvalue weighted by atomic mass is 35.5. The number of hydrogen-bond acceptors (Lipinski definition) is 6. The van der Waals surface area contributed by atoms with E-state index in [4.69, 9.17) is 21.1 Å². The fraction of sp³-hybridized carbons (Fsp3) is 0.312. The van der Waals surface area contributed by atoms with E-state index in [1.54, 1.807) is 31.1 Å². The number of nitrogens with one attached hydrogen (secondary N) is 2. The first-order valence-corrected chi connectivity index (χ1v) is 14.1. The molecule has 0 radical (unpaired) electrons. The number of epoxide rings is 1. The maximum Gasteiger partial charge on any atom is 0.262 e. The van der Waals surface area contributed by atoms with Crippen molar-refractivity contribution in [3.63, 3.8) is 0 Å². The minimum Gasteiger partial charge on any atom is -0.496 e. The summed E-state index contributed by atoms with van der Waals surface area (Å²) in [5.41, 5.74) is 4.50. The molecular formula is C32H34ClFN4O4. The molecule has 220 valence electrons. The number of carbonyl (C=O) groups is 2. The maximum absolute atomic E-state index is 15.3. The van der Waals surface area contributed by atoms with Gasteiger partial charge in [-0.15, -0.1) is 0 Å². The molecule has 2 aliphatic rings. The van der Waals surface area contributed by atoms with Crippen LogP contribution < -0.4 is 15.4 Å². The Balaban J connectivity index is 1.46. The minimum absolute atomic E-state index is 0.0173. The van der Waals surface area contributed by atoms with Crippen LogP contribution in [0.3, 0.4) is 0 Å². The number of carbonyl (C=O) groups excluding carboxylic acids is 2. The molecule has 0 aromatic heterocycles. The van der Waals surface area contributed by atoms with Gasteiger partial charge in [0.25, 0.3) is 11.8 Å². The molecule has 0 aliphatic carbocycles. The van der Waals surface area contributed by atoms with Gasteiger partial charge in [-0.05, 0) is 41.8 Å². The van der Waals surface area contributed by atoms with Crippen LogP contribution in [-0.4, -0.2) is 61.3 Å². The number of rotatable bonds is 8. The molecule has 1 fully saturated rings. The molecule has 0 bridgehead atoms. The molecule has 2 atom stereocenters. The molecule has 3 aromatic carbocycles. The second-order valence-corrected chi connectivity index (χ2v) is 11.2. The fourth-order valence-electron chi connectivity index (χ4n) is 5.11. The van der Waals surface area contributed by atoms with Crippen molar-refractivity contribution in [2.75, 3.05) is 26.5 Å². The molecule has 2 amide bonds. The number of methoxy groups -OCH3 is 1. The summed E-state index contributed by atoms with van der Waals surface area (Å²) in [5, 5.41) is 6.56. The third-order valence-electron chi connectivity index (χ3n) is 7.60. The zero-order chi connectivity index (χ0) is 30.3. The second-order valence-electron chi connectivity index (χ2n) is 10.8. The third kappa shape index (κ3) is 5.60. The molecule has 2 aliphatic heterocycles. The molecule has 8 nitrogen and oxygen atoms in total. The predicted octanol–water partition coefficient (Wildman–Crippen LogP) is 5.54. The van der Waals surface area contributed by atoms with Crippen molar-refractivity contribution in [3.8, 4) is 28.0 Å². The van der Waals surface area contributed by atoms with Gasteiger partial charge in [-0.3, -0.25) is 9.59 Å². The normalized spacial score (nSPS) is 18.0. The van der Waals surface area contributed by atoms with Gasteiger partial charge in [0.05, 0.1) is 12.1 Å². The van der Waals surface area contributed by atoms with Crippen molar-refractivity contribution in [1.29, 1.82) is 0 Å². The second kappa shape index (κ2) is 11.8. The summed E-state index contributed by atoms with van der Waals surface area (Å²) < 4.78 is 26.3. The van der Waals surface area contributed by atoms with E-state index in [1.807, 2.05) is 51.1 Å². The van der Waals surface area contributed by atoms with Gasteiger partial charge >= 0.3 is 0 Å². The van der Waals surface area contributed by atoms with Crippen molar-refractivity contribution in [2.45, 2.75) is 45.8 Å². The Labute approximate surface area is 250 Å². The van der Waals surface area contributed by atoms with E-state index in [-0.39, 0.29) is 29.9 Å². The lowest BCUT2D eigenvalue weighted by atomic mass is 9.94. The van der Waals surface area contributed by atoms with Gasteiger partial charge in [0, 0.05) is 55.3 Å². The van der Waals surface area contributed by atoms with E-state index in [9.17, 15) is 9.59 Å². The van der Waals surface area contributed by atoms with Crippen LogP contribution >= 0.6 is 11.6 Å². The Morgan fingerprint density at radius 1 is 1.10 bits per heavy atom. The monoisotopic (exact) mass is 592 g/mol. The Kier molecular flexibility index (Phi) is 8.28. The smallest absolute Gasteiger partial charge is 0.262 e. The van der Waals surface area contributed by atoms with E-state index in [0.29, 0.717) is 45.3 Å². The van der Waals surface area contributed by atoms with Crippen LogP contribution in [0.4, 0.5) is 10.1 Å². The molecule has 2 N–H and O–H groups in total. The zero-order valence-electron chi connectivity index (χ0n) is 24.4. The molecule has 5 rings (SSSR count). The highest BCUT2D eigenvalue weighted by Crippen LogP contribution is 2.41. The average molecular weight is 593 g/mol. The Bertz CT molecular complexity index is 1590. The lowest BCUT2D eigenvalue weighted by molar-refractivity contribution is -0.129. The molecule has 0 spiro atoms. The lowest BCUT2D eigenvalue weighted by Gasteiger charge is -2.18. The van der Waals surface area contributed by atoms with Gasteiger partial charge in [0.15, 0.2) is 12.5 Å². The summed E-state index contributed by atoms with van der Waals surface area (Å²) in [7, 11) is 4.90. The summed E-state index contributed by atoms with van der Waals surface area (Å²) in [5.74, 6) is -0.886. The summed E-state index contributed by atoms with van der Waals surface area (Å²) >= 11 is 6.97. The first kappa shape index (κ1) is 29.6. The molecule has 42 heavy (non-hydrogen) atoms. The number of halogens is 2. The first-order valence-electron chi connectivity index (χ1n) is 13.7. The summed E-state index contributed by atoms with van der Waals surface area (Å²) in [6.45, 7) is 6.20. The Morgan fingerprint density at radius 2 is 1.79 bits per heavy atom. The Hall–Kier alpha value is -3.92. The van der Waals surface area contributed by atoms with Crippen LogP contribution in [-0.2, 0) is 20.9 Å². The van der Waals surface area contributed by atoms with Crippen LogP contribution in [0.15, 0.2) is 60.3 Å². The van der Waals surface area contributed by atoms with E-state index in [2.05, 4.69) is 10.6 Å². The van der Waals surface area contributed by atoms with Crippen molar-refractivity contribution >= 4 is 29.1 Å². The van der Waals surface area contributed by atoms with Gasteiger partial charge in [0.1, 0.15) is 17.1 Å². The number of ether oxygens (including phenoxy) is 2. The topological polar surface area (TPSA) is 86.4 Å². The average Bonchev–Trinajstić information content (AvgIpc) is 3.77. The number of hydrogen-bond donors (Lipinski definition) is 2. The molecule has 3 aromatic rings. The van der Waals surface area contributed by atoms with Crippen LogP contribution in [0.2, 0.25) is 5.02 Å². The number of amides is 2. The highest BCUT2D eigenvalue weighted by Gasteiger charge is 2.50. The minimum atomic E-state index is -0.519. The molecular weight excluding hydrogens is 559 g/mol. The van der Waals surface area contributed by atoms with Gasteiger partial charge in [0.2, 0.25) is 0 Å². The molecule has 0 saturated carbocycles. The van der Waals surface area contributed by atoms with Gasteiger partial charge in [-0.1, -0.05) is 55.8 Å². The van der Waals surface area contributed by atoms with Gasteiger partial charge in [-0.25, -0.2) is 4.39 Å². The Morgan fingerprint density at radius 3 is 2.50 bits per heavy atom. The number of benzene rings is 3. The fourth-order valence-corrected chi connectivity index (χ4v) is 5.45. The van der Waals surface area contributed by atoms with Crippen LogP contribution in [0.25, 0.3) is 22.3 Å². The van der Waals surface area contributed by atoms with Crippen molar-refractivity contribution < 1.29 is 23.5 Å². The zero-order valence-corrected chi connectivity index (χ0v) is 25.2. The lowest BCUT2D eigenvalue weighted by Crippen LogP contribution is -2.34. The van der Waals surface area contributed by atoms with Crippen molar-refractivity contribution in [2.24, 2.45) is 0 Å². The van der Waals surface area contributed by atoms with Gasteiger partial charge in [-0.2, -0.15) is 0 Å². The van der Waals surface area contributed by atoms with Crippen LogP contribution in [0.5, 0.6) is 5.75 Å². The molecule has 2 heterocycles. The maximum atomic E-state index is 15.3. The van der Waals surface area contributed by atoms with E-state index in [1.165, 1.54) is 24.3 Å². The summed E-state index contributed by atoms with van der Waals surface area (Å²) in [4.78, 5) is 29.4. The highest BCUT2D eigenvalue weighted by molar-refractivity contribution is 6.36. The SMILES string of the molecule is COc1cc(-c2cccc(-c3cccc(NC(=O)C4=CN(C)C5OC5N(C)C4=O)c3C)c2Cl)cc(F)c1CNC(C)C. The first-order chi connectivity index (χ1) is 20.0. The molecule has 10 heteroatoms. The number of nitrogens with zero attached hydrogens (tertiary/aromatic N) is 2. The quantitative estimate of drug-likeness (QED) is 0.264. The van der Waals surface area contributed by atoms with Crippen LogP contribution in [0, 0.1) is 12.7 Å². The summed E-state index contributed by atoms with van der Waals surface area (Å²) in [6.07, 6.45) is 0.887. The summed E-state index contributed by atoms with van der Waals surface area (Å²) in [6, 6.07) is 14.5. The van der Waals surface area contributed by atoms with E-state index < -0.39 is 11.8 Å². The van der Waals surface area contributed by atoms with Crippen molar-refractivity contribution in [3.05, 3.63) is 82.3 Å². The van der Waals surface area contributed by atoms with Gasteiger partial charge < -0.3 is 29.9 Å². The van der Waals surface area contributed by atoms with E-state index in [0.717, 1.165) is 11.1 Å².